The number of para-hydroxylation sites is 2. The van der Waals surface area contributed by atoms with E-state index in [4.69, 9.17) is 5.41 Å². The average molecular weight is 763 g/mol. The molecular weight excluding hydrogens is 729 g/mol. The van der Waals surface area contributed by atoms with Crippen molar-refractivity contribution in [1.82, 2.24) is 0 Å². The van der Waals surface area contributed by atoms with E-state index >= 15 is 0 Å². The molecule has 0 unspecified atom stereocenters. The smallest absolute Gasteiger partial charge is 0.753 e. The fraction of sp³-hybridized carbons (Fsp3) is 0.0513. The predicted molar refractivity (Wildman–Crippen MR) is 213 cm³/mol. The Bertz CT molecular complexity index is 1780. The van der Waals surface area contributed by atoms with Gasteiger partial charge < -0.3 is 5.41 Å². The summed E-state index contributed by atoms with van der Waals surface area (Å²) in [4.78, 5) is 29.3. The van der Waals surface area contributed by atoms with Crippen LogP contribution in [0.3, 0.4) is 0 Å². The number of nitro benzene ring substituents is 2. The molecule has 0 radical (unpaired) electrons. The summed E-state index contributed by atoms with van der Waals surface area (Å²) in [6.07, 6.45) is 9.66. The van der Waals surface area contributed by atoms with E-state index in [1.807, 2.05) is 0 Å². The molecule has 0 saturated carbocycles. The third kappa shape index (κ3) is 14.9. The number of thiocarbonyl (C=S) groups is 1. The molecule has 5 aromatic carbocycles. The number of hydrogen-bond donors (Lipinski definition) is 0. The molecule has 260 valence electrons. The molecule has 5 rings (SSSR count). The SMILES string of the molecule is O=[N+]([O-])c1ccccc1/C=C/C=NCCN=C/C=C/c1ccccc1[N+](=O)[O-].[Cu+].[N-]=C=S.c1ccc([PH+](c2ccccc2)c2ccccc2)cc1. The van der Waals surface area contributed by atoms with E-state index in [9.17, 15) is 20.2 Å². The molecule has 0 aliphatic rings. The number of nitrogens with zero attached hydrogens (tertiary/aromatic N) is 5. The van der Waals surface area contributed by atoms with Gasteiger partial charge in [0.2, 0.25) is 0 Å². The van der Waals surface area contributed by atoms with Crippen molar-refractivity contribution in [3.05, 3.63) is 188 Å². The van der Waals surface area contributed by atoms with Gasteiger partial charge in [0.25, 0.3) is 11.4 Å². The Morgan fingerprint density at radius 2 is 0.882 bits per heavy atom. The van der Waals surface area contributed by atoms with Crippen LogP contribution in [-0.4, -0.2) is 40.5 Å². The molecule has 9 nitrogen and oxygen atoms in total. The molecule has 0 atom stereocenters. The molecule has 0 amide bonds. The van der Waals surface area contributed by atoms with Crippen LogP contribution in [0.4, 0.5) is 11.4 Å². The molecule has 0 spiro atoms. The first-order valence-electron chi connectivity index (χ1n) is 15.3. The molecule has 51 heavy (non-hydrogen) atoms. The topological polar surface area (TPSA) is 133 Å². The summed E-state index contributed by atoms with van der Waals surface area (Å²) in [6.45, 7) is 0.911. The van der Waals surface area contributed by atoms with Gasteiger partial charge in [-0.1, -0.05) is 91.1 Å². The third-order valence-corrected chi connectivity index (χ3v) is 9.48. The number of aliphatic imine (C=N–C) groups is 2. The number of rotatable bonds is 12. The molecule has 12 heteroatoms. The van der Waals surface area contributed by atoms with E-state index in [2.05, 4.69) is 113 Å². The van der Waals surface area contributed by atoms with Crippen molar-refractivity contribution in [3.8, 4) is 0 Å². The molecule has 5 aromatic rings. The molecule has 0 aliphatic heterocycles. The number of allylic oxidation sites excluding steroid dienone is 2. The van der Waals surface area contributed by atoms with Crippen molar-refractivity contribution >= 4 is 77.2 Å². The minimum Gasteiger partial charge on any atom is -0.753 e. The van der Waals surface area contributed by atoms with Crippen molar-refractivity contribution in [2.24, 2.45) is 9.98 Å². The van der Waals surface area contributed by atoms with E-state index in [1.54, 1.807) is 73.1 Å². The van der Waals surface area contributed by atoms with Crippen LogP contribution in [0.25, 0.3) is 17.6 Å². The fourth-order valence-electron chi connectivity index (χ4n) is 4.58. The van der Waals surface area contributed by atoms with Crippen molar-refractivity contribution < 1.29 is 26.9 Å². The molecule has 0 bridgehead atoms. The van der Waals surface area contributed by atoms with Crippen LogP contribution >= 0.6 is 20.1 Å². The fourth-order valence-corrected chi connectivity index (χ4v) is 7.16. The zero-order valence-corrected chi connectivity index (χ0v) is 30.0. The summed E-state index contributed by atoms with van der Waals surface area (Å²) in [5, 5.41) is 34.6. The Labute approximate surface area is 314 Å². The average Bonchev–Trinajstić information content (AvgIpc) is 3.15. The van der Waals surface area contributed by atoms with Gasteiger partial charge in [-0.2, -0.15) is 5.16 Å². The van der Waals surface area contributed by atoms with E-state index in [-0.39, 0.29) is 28.4 Å². The van der Waals surface area contributed by atoms with Gasteiger partial charge in [-0.15, -0.1) is 0 Å². The summed E-state index contributed by atoms with van der Waals surface area (Å²) in [6, 6.07) is 45.4. The van der Waals surface area contributed by atoms with E-state index in [1.165, 1.54) is 33.2 Å². The van der Waals surface area contributed by atoms with Gasteiger partial charge in [-0.25, -0.2) is 0 Å². The second-order valence-electron chi connectivity index (χ2n) is 10.0. The Morgan fingerprint density at radius 3 is 1.20 bits per heavy atom. The maximum absolute atomic E-state index is 10.9. The van der Waals surface area contributed by atoms with E-state index in [0.29, 0.717) is 24.2 Å². The Morgan fingerprint density at radius 1 is 0.588 bits per heavy atom. The van der Waals surface area contributed by atoms with Crippen molar-refractivity contribution in [2.45, 2.75) is 0 Å². The van der Waals surface area contributed by atoms with Gasteiger partial charge in [0, 0.05) is 24.6 Å². The zero-order chi connectivity index (χ0) is 35.8. The predicted octanol–water partition coefficient (Wildman–Crippen LogP) is 8.20. The van der Waals surface area contributed by atoms with Crippen molar-refractivity contribution in [3.63, 3.8) is 0 Å². The van der Waals surface area contributed by atoms with Gasteiger partial charge in [-0.05, 0) is 72.8 Å². The summed E-state index contributed by atoms with van der Waals surface area (Å²) in [7, 11) is -0.877. The van der Waals surface area contributed by atoms with Gasteiger partial charge in [0.1, 0.15) is 15.9 Å². The number of nitro groups is 2. The first kappa shape index (κ1) is 41.6. The minimum absolute atomic E-state index is 0. The summed E-state index contributed by atoms with van der Waals surface area (Å²) in [5.41, 5.74) is 1.11. The van der Waals surface area contributed by atoms with Crippen LogP contribution in [0, 0.1) is 20.2 Å². The molecule has 0 saturated heterocycles. The first-order chi connectivity index (χ1) is 24.5. The van der Waals surface area contributed by atoms with E-state index in [0.717, 1.165) is 0 Å². The zero-order valence-electron chi connectivity index (χ0n) is 27.2. The standard InChI is InChI=1S/C20H18N4O4.C18H15P.CNS.Cu/c25-23(26)19-11-3-1-7-17(19)9-5-13-21-15-16-22-14-6-10-18-8-2-4-12-20(18)24(27)28;1-4-10-16(11-5-1)19(17-12-6-2-7-13-17)18-14-8-3-9-15-18;2-1-3;/h1-14H,15-16H2;1-15H;;/q;;-1;+1/p+1/b9-5+,10-6+,21-13?,22-14?;;;. The molecule has 0 heterocycles. The summed E-state index contributed by atoms with van der Waals surface area (Å²) < 4.78 is 0. The maximum atomic E-state index is 10.9. The van der Waals surface area contributed by atoms with Crippen LogP contribution in [-0.2, 0) is 17.1 Å². The van der Waals surface area contributed by atoms with Crippen LogP contribution in [0.1, 0.15) is 11.1 Å². The quantitative estimate of drug-likeness (QED) is 0.0240. The molecule has 0 aliphatic carbocycles. The molecule has 0 N–H and O–H groups in total. The Kier molecular flexibility index (Phi) is 20.1. The molecule has 0 fully saturated rings. The monoisotopic (exact) mass is 762 g/mol. The van der Waals surface area contributed by atoms with Crippen LogP contribution in [0.2, 0.25) is 0 Å². The normalized spacial score (nSPS) is 10.6. The van der Waals surface area contributed by atoms with Gasteiger partial charge in [-0.3, -0.25) is 30.2 Å². The number of isothiocyanates is 1. The molecular formula is C39H34CuN5O4PS+. The van der Waals surface area contributed by atoms with E-state index < -0.39 is 17.8 Å². The number of benzene rings is 5. The van der Waals surface area contributed by atoms with Crippen molar-refractivity contribution in [1.29, 1.82) is 0 Å². The minimum atomic E-state index is -0.877. The Balaban J connectivity index is 0.000000340. The summed E-state index contributed by atoms with van der Waals surface area (Å²) in [5.74, 6) is 0. The van der Waals surface area contributed by atoms with Gasteiger partial charge in [0.05, 0.1) is 42.0 Å². The van der Waals surface area contributed by atoms with Gasteiger partial charge in [0.15, 0.2) is 0 Å². The largest absolute Gasteiger partial charge is 1.00 e. The van der Waals surface area contributed by atoms with Crippen LogP contribution in [0.5, 0.6) is 0 Å². The van der Waals surface area contributed by atoms with Crippen molar-refractivity contribution in [2.75, 3.05) is 13.1 Å². The molecule has 0 aromatic heterocycles. The number of hydrogen-bond acceptors (Lipinski definition) is 7. The third-order valence-electron chi connectivity index (χ3n) is 6.75. The second-order valence-corrected chi connectivity index (χ2v) is 12.7. The first-order valence-corrected chi connectivity index (χ1v) is 17.2. The second kappa shape index (κ2) is 24.6. The Hall–Kier alpha value is -5.53. The van der Waals surface area contributed by atoms with Crippen LogP contribution in [0.15, 0.2) is 162 Å². The van der Waals surface area contributed by atoms with Gasteiger partial charge >= 0.3 is 17.1 Å². The maximum Gasteiger partial charge on any atom is 1.00 e. The summed E-state index contributed by atoms with van der Waals surface area (Å²) >= 11 is 3.70. The van der Waals surface area contributed by atoms with Crippen LogP contribution < -0.4 is 15.9 Å².